The number of carbonyl (C=O) groups excluding carboxylic acids is 1. The topological polar surface area (TPSA) is 29.1 Å². The molecule has 1 saturated carbocycles. The molecule has 2 nitrogen and oxygen atoms in total. The molecule has 1 aliphatic rings. The Labute approximate surface area is 129 Å². The molecule has 0 spiro atoms. The average molecular weight is 287 g/mol. The maximum absolute atomic E-state index is 12.1. The van der Waals surface area contributed by atoms with E-state index >= 15 is 0 Å². The lowest BCUT2D eigenvalue weighted by Gasteiger charge is -2.38. The summed E-state index contributed by atoms with van der Waals surface area (Å²) in [6, 6.07) is 8.85. The van der Waals surface area contributed by atoms with E-state index in [1.54, 1.807) is 0 Å². The molecule has 0 aromatic heterocycles. The first kappa shape index (κ1) is 16.1. The minimum absolute atomic E-state index is 0.114. The minimum atomic E-state index is 0.114. The summed E-state index contributed by atoms with van der Waals surface area (Å²) in [5.41, 5.74) is 2.87. The molecule has 1 aromatic rings. The van der Waals surface area contributed by atoms with Crippen molar-refractivity contribution >= 4 is 5.91 Å². The van der Waals surface area contributed by atoms with Gasteiger partial charge in [-0.05, 0) is 31.7 Å². The monoisotopic (exact) mass is 287 g/mol. The minimum Gasteiger partial charge on any atom is -0.355 e. The number of aryl methyl sites for hydroxylation is 1. The van der Waals surface area contributed by atoms with Crippen molar-refractivity contribution in [3.63, 3.8) is 0 Å². The Morgan fingerprint density at radius 2 is 2.00 bits per heavy atom. The summed E-state index contributed by atoms with van der Waals surface area (Å²) < 4.78 is 0. The summed E-state index contributed by atoms with van der Waals surface area (Å²) in [6.45, 7) is 7.02. The normalized spacial score (nSPS) is 19.0. The molecule has 2 rings (SSSR count). The largest absolute Gasteiger partial charge is 0.355 e. The van der Waals surface area contributed by atoms with Crippen LogP contribution in [0.1, 0.15) is 63.5 Å². The zero-order valence-electron chi connectivity index (χ0n) is 13.7. The Morgan fingerprint density at radius 1 is 1.29 bits per heavy atom. The fraction of sp³-hybridized carbons (Fsp3) is 0.632. The van der Waals surface area contributed by atoms with E-state index in [9.17, 15) is 4.79 Å². The molecular weight excluding hydrogens is 258 g/mol. The summed E-state index contributed by atoms with van der Waals surface area (Å²) in [7, 11) is 0. The molecule has 1 N–H and O–H groups in total. The van der Waals surface area contributed by atoms with Crippen molar-refractivity contribution in [3.05, 3.63) is 35.4 Å². The van der Waals surface area contributed by atoms with Crippen molar-refractivity contribution in [2.24, 2.45) is 5.92 Å². The zero-order chi connectivity index (χ0) is 15.3. The molecule has 0 saturated heterocycles. The van der Waals surface area contributed by atoms with Crippen LogP contribution in [0.5, 0.6) is 0 Å². The van der Waals surface area contributed by atoms with E-state index in [1.807, 2.05) is 6.92 Å². The maximum Gasteiger partial charge on any atom is 0.222 e. The Hall–Kier alpha value is -1.31. The van der Waals surface area contributed by atoms with Gasteiger partial charge < -0.3 is 5.32 Å². The number of hydrogen-bond donors (Lipinski definition) is 1. The Kier molecular flexibility index (Phi) is 5.44. The summed E-state index contributed by atoms with van der Waals surface area (Å²) in [5.74, 6) is 0.318. The second-order valence-electron chi connectivity index (χ2n) is 6.74. The molecule has 2 heteroatoms. The van der Waals surface area contributed by atoms with Crippen LogP contribution in [0.2, 0.25) is 0 Å². The van der Waals surface area contributed by atoms with Crippen LogP contribution in [0.25, 0.3) is 0 Å². The molecule has 1 aliphatic carbocycles. The molecule has 1 amide bonds. The van der Waals surface area contributed by atoms with Gasteiger partial charge in [0, 0.05) is 17.9 Å². The lowest BCUT2D eigenvalue weighted by Crippen LogP contribution is -2.43. The average Bonchev–Trinajstić information content (AvgIpc) is 2.52. The molecule has 1 atom stereocenters. The van der Waals surface area contributed by atoms with Crippen LogP contribution in [0.4, 0.5) is 0 Å². The molecule has 0 heterocycles. The lowest BCUT2D eigenvalue weighted by molar-refractivity contribution is -0.124. The number of hydrogen-bond acceptors (Lipinski definition) is 1. The highest BCUT2D eigenvalue weighted by Gasteiger charge is 2.34. The summed E-state index contributed by atoms with van der Waals surface area (Å²) in [6.07, 6.45) is 7.16. The smallest absolute Gasteiger partial charge is 0.222 e. The van der Waals surface area contributed by atoms with Crippen molar-refractivity contribution in [3.8, 4) is 0 Å². The van der Waals surface area contributed by atoms with Crippen molar-refractivity contribution < 1.29 is 4.79 Å². The predicted octanol–water partition coefficient (Wildman–Crippen LogP) is 4.36. The quantitative estimate of drug-likeness (QED) is 0.856. The standard InChI is InChI=1S/C19H29NO/c1-4-16(3)18(21)20-14-19(11-6-5-7-12-19)17-10-8-9-15(2)13-17/h8-10,13,16H,4-7,11-12,14H2,1-3H3,(H,20,21). The van der Waals surface area contributed by atoms with Gasteiger partial charge in [0.15, 0.2) is 0 Å². The fourth-order valence-electron chi connectivity index (χ4n) is 3.39. The third kappa shape index (κ3) is 3.87. The van der Waals surface area contributed by atoms with Crippen LogP contribution in [0, 0.1) is 12.8 Å². The van der Waals surface area contributed by atoms with E-state index in [1.165, 1.54) is 43.2 Å². The van der Waals surface area contributed by atoms with Crippen LogP contribution in [-0.4, -0.2) is 12.5 Å². The Bertz CT molecular complexity index is 474. The molecule has 1 unspecified atom stereocenters. The van der Waals surface area contributed by atoms with E-state index < -0.39 is 0 Å². The van der Waals surface area contributed by atoms with E-state index in [-0.39, 0.29) is 17.2 Å². The van der Waals surface area contributed by atoms with E-state index in [0.29, 0.717) is 0 Å². The molecule has 21 heavy (non-hydrogen) atoms. The van der Waals surface area contributed by atoms with Gasteiger partial charge in [-0.25, -0.2) is 0 Å². The van der Waals surface area contributed by atoms with Crippen molar-refractivity contribution in [2.45, 2.75) is 64.7 Å². The van der Waals surface area contributed by atoms with Gasteiger partial charge in [-0.1, -0.05) is 62.9 Å². The van der Waals surface area contributed by atoms with Gasteiger partial charge in [0.1, 0.15) is 0 Å². The first-order valence-electron chi connectivity index (χ1n) is 8.42. The highest BCUT2D eigenvalue weighted by Crippen LogP contribution is 2.39. The molecule has 1 aromatic carbocycles. The molecule has 1 fully saturated rings. The van der Waals surface area contributed by atoms with Crippen molar-refractivity contribution in [2.75, 3.05) is 6.54 Å². The number of benzene rings is 1. The second kappa shape index (κ2) is 7.11. The van der Waals surface area contributed by atoms with Gasteiger partial charge in [-0.15, -0.1) is 0 Å². The number of amides is 1. The predicted molar refractivity (Wildman–Crippen MR) is 88.4 cm³/mol. The molecule has 0 bridgehead atoms. The zero-order valence-corrected chi connectivity index (χ0v) is 13.7. The maximum atomic E-state index is 12.1. The van der Waals surface area contributed by atoms with Gasteiger partial charge in [0.05, 0.1) is 0 Å². The van der Waals surface area contributed by atoms with E-state index in [4.69, 9.17) is 0 Å². The summed E-state index contributed by atoms with van der Waals surface area (Å²) >= 11 is 0. The van der Waals surface area contributed by atoms with E-state index in [2.05, 4.69) is 43.4 Å². The van der Waals surface area contributed by atoms with Crippen LogP contribution < -0.4 is 5.32 Å². The molecule has 0 aliphatic heterocycles. The van der Waals surface area contributed by atoms with Gasteiger partial charge in [0.2, 0.25) is 5.91 Å². The third-order valence-corrected chi connectivity index (χ3v) is 5.10. The van der Waals surface area contributed by atoms with Crippen molar-refractivity contribution in [1.82, 2.24) is 5.32 Å². The van der Waals surface area contributed by atoms with Crippen LogP contribution in [-0.2, 0) is 10.2 Å². The Balaban J connectivity index is 2.16. The summed E-state index contributed by atoms with van der Waals surface area (Å²) in [5, 5.41) is 3.22. The van der Waals surface area contributed by atoms with Crippen LogP contribution in [0.15, 0.2) is 24.3 Å². The van der Waals surface area contributed by atoms with Gasteiger partial charge in [-0.2, -0.15) is 0 Å². The van der Waals surface area contributed by atoms with Gasteiger partial charge in [0.25, 0.3) is 0 Å². The highest BCUT2D eigenvalue weighted by atomic mass is 16.1. The van der Waals surface area contributed by atoms with Gasteiger partial charge >= 0.3 is 0 Å². The molecule has 116 valence electrons. The molecular formula is C19H29NO. The Morgan fingerprint density at radius 3 is 2.62 bits per heavy atom. The first-order chi connectivity index (χ1) is 10.1. The number of carbonyl (C=O) groups is 1. The van der Waals surface area contributed by atoms with Crippen molar-refractivity contribution in [1.29, 1.82) is 0 Å². The first-order valence-corrected chi connectivity index (χ1v) is 8.42. The highest BCUT2D eigenvalue weighted by molar-refractivity contribution is 5.78. The van der Waals surface area contributed by atoms with E-state index in [0.717, 1.165) is 13.0 Å². The SMILES string of the molecule is CCC(C)C(=O)NCC1(c2cccc(C)c2)CCCCC1. The molecule has 0 radical (unpaired) electrons. The van der Waals surface area contributed by atoms with Gasteiger partial charge in [-0.3, -0.25) is 4.79 Å². The fourth-order valence-corrected chi connectivity index (χ4v) is 3.39. The third-order valence-electron chi connectivity index (χ3n) is 5.10. The van der Waals surface area contributed by atoms with Crippen LogP contribution >= 0.6 is 0 Å². The lowest BCUT2D eigenvalue weighted by atomic mass is 9.69. The van der Waals surface area contributed by atoms with Crippen LogP contribution in [0.3, 0.4) is 0 Å². The summed E-state index contributed by atoms with van der Waals surface area (Å²) in [4.78, 5) is 12.1. The second-order valence-corrected chi connectivity index (χ2v) is 6.74. The number of rotatable bonds is 5. The number of nitrogens with one attached hydrogen (secondary N) is 1.